The Labute approximate surface area is 132 Å². The molecule has 4 N–H and O–H groups in total. The van der Waals surface area contributed by atoms with Crippen LogP contribution in [0.15, 0.2) is 24.3 Å². The monoisotopic (exact) mass is 326 g/mol. The lowest BCUT2D eigenvalue weighted by atomic mass is 10.1. The summed E-state index contributed by atoms with van der Waals surface area (Å²) in [6.45, 7) is -0.790. The Balaban J connectivity index is 2.79. The molecule has 0 aliphatic carbocycles. The van der Waals surface area contributed by atoms with Crippen LogP contribution in [0.4, 0.5) is 0 Å². The quantitative estimate of drug-likeness (QED) is 0.278. The molecule has 126 valence electrons. The number of hydrogen-bond donors (Lipinski definition) is 4. The first-order valence-corrected chi connectivity index (χ1v) is 6.61. The first kappa shape index (κ1) is 18.6. The average molecular weight is 326 g/mol. The van der Waals surface area contributed by atoms with Crippen molar-refractivity contribution in [1.82, 2.24) is 0 Å². The van der Waals surface area contributed by atoms with Gasteiger partial charge in [0.15, 0.2) is 23.9 Å². The Hall–Kier alpha value is -2.42. The van der Waals surface area contributed by atoms with Gasteiger partial charge in [-0.15, -0.1) is 0 Å². The molecule has 1 aromatic rings. The van der Waals surface area contributed by atoms with E-state index in [1.165, 1.54) is 31.4 Å². The zero-order valence-electron chi connectivity index (χ0n) is 12.3. The van der Waals surface area contributed by atoms with Gasteiger partial charge in [0.25, 0.3) is 0 Å². The van der Waals surface area contributed by atoms with Gasteiger partial charge >= 0.3 is 5.97 Å². The van der Waals surface area contributed by atoms with Crippen LogP contribution in [-0.2, 0) is 14.3 Å². The van der Waals surface area contributed by atoms with Crippen molar-refractivity contribution < 1.29 is 39.5 Å². The third-order valence-electron chi connectivity index (χ3n) is 2.91. The molecule has 3 atom stereocenters. The topological polar surface area (TPSA) is 134 Å². The van der Waals surface area contributed by atoms with Gasteiger partial charge in [0, 0.05) is 6.08 Å². The molecule has 1 rings (SSSR count). The minimum atomic E-state index is -1.76. The van der Waals surface area contributed by atoms with E-state index in [1.807, 2.05) is 0 Å². The predicted octanol–water partition coefficient (Wildman–Crippen LogP) is -0.761. The summed E-state index contributed by atoms with van der Waals surface area (Å²) in [5.74, 6) is -0.784. The van der Waals surface area contributed by atoms with Crippen molar-refractivity contribution in [2.24, 2.45) is 0 Å². The minimum Gasteiger partial charge on any atom is -0.504 e. The smallest absolute Gasteiger partial charge is 0.331 e. The van der Waals surface area contributed by atoms with Crippen molar-refractivity contribution in [2.75, 3.05) is 13.7 Å². The van der Waals surface area contributed by atoms with Crippen LogP contribution in [0.2, 0.25) is 0 Å². The fourth-order valence-electron chi connectivity index (χ4n) is 1.69. The summed E-state index contributed by atoms with van der Waals surface area (Å²) in [6, 6.07) is 4.36. The summed E-state index contributed by atoms with van der Waals surface area (Å²) in [5, 5.41) is 37.1. The number of hydrogen-bond acceptors (Lipinski definition) is 8. The van der Waals surface area contributed by atoms with E-state index in [4.69, 9.17) is 14.6 Å². The number of methoxy groups -OCH3 is 1. The van der Waals surface area contributed by atoms with E-state index in [1.54, 1.807) is 0 Å². The van der Waals surface area contributed by atoms with Gasteiger partial charge in [-0.25, -0.2) is 4.79 Å². The number of carbonyl (C=O) groups excluding carboxylic acids is 2. The molecule has 23 heavy (non-hydrogen) atoms. The van der Waals surface area contributed by atoms with Crippen LogP contribution in [0, 0.1) is 0 Å². The number of aldehydes is 1. The summed E-state index contributed by atoms with van der Waals surface area (Å²) in [6.07, 6.45) is -2.50. The summed E-state index contributed by atoms with van der Waals surface area (Å²) < 4.78 is 9.68. The third-order valence-corrected chi connectivity index (χ3v) is 2.91. The van der Waals surface area contributed by atoms with Crippen molar-refractivity contribution in [3.8, 4) is 11.5 Å². The van der Waals surface area contributed by atoms with Crippen molar-refractivity contribution in [3.05, 3.63) is 29.8 Å². The lowest BCUT2D eigenvalue weighted by molar-refractivity contribution is -0.161. The van der Waals surface area contributed by atoms with Crippen LogP contribution in [0.3, 0.4) is 0 Å². The van der Waals surface area contributed by atoms with Gasteiger partial charge < -0.3 is 34.7 Å². The molecule has 0 aliphatic heterocycles. The van der Waals surface area contributed by atoms with E-state index < -0.39 is 30.9 Å². The molecular weight excluding hydrogens is 308 g/mol. The van der Waals surface area contributed by atoms with E-state index in [2.05, 4.69) is 0 Å². The summed E-state index contributed by atoms with van der Waals surface area (Å²) >= 11 is 0. The second-order valence-electron chi connectivity index (χ2n) is 4.54. The summed E-state index contributed by atoms with van der Waals surface area (Å²) in [7, 11) is 1.37. The second-order valence-corrected chi connectivity index (χ2v) is 4.54. The predicted molar refractivity (Wildman–Crippen MR) is 78.7 cm³/mol. The molecule has 8 heteroatoms. The van der Waals surface area contributed by atoms with E-state index in [9.17, 15) is 24.9 Å². The molecule has 0 fully saturated rings. The molecule has 0 aromatic heterocycles. The van der Waals surface area contributed by atoms with Crippen LogP contribution in [0.5, 0.6) is 11.5 Å². The normalized spacial score (nSPS) is 15.0. The molecule has 0 saturated carbocycles. The SMILES string of the molecule is COc1cc(C=CC(=O)O[C@H]([C@@H](O)C=O)[C@@H](O)CO)ccc1O. The van der Waals surface area contributed by atoms with Crippen LogP contribution in [-0.4, -0.2) is 64.7 Å². The lowest BCUT2D eigenvalue weighted by Gasteiger charge is -2.22. The minimum absolute atomic E-state index is 0.0625. The van der Waals surface area contributed by atoms with Crippen LogP contribution in [0.1, 0.15) is 5.56 Å². The van der Waals surface area contributed by atoms with E-state index in [0.29, 0.717) is 5.56 Å². The molecule has 0 saturated heterocycles. The van der Waals surface area contributed by atoms with E-state index >= 15 is 0 Å². The molecule has 0 unspecified atom stereocenters. The van der Waals surface area contributed by atoms with Crippen LogP contribution in [0.25, 0.3) is 6.08 Å². The number of aromatic hydroxyl groups is 1. The van der Waals surface area contributed by atoms with E-state index in [0.717, 1.165) is 6.08 Å². The molecule has 0 spiro atoms. The van der Waals surface area contributed by atoms with Crippen molar-refractivity contribution in [3.63, 3.8) is 0 Å². The molecular formula is C15H18O8. The number of aliphatic hydroxyl groups excluding tert-OH is 3. The average Bonchev–Trinajstić information content (AvgIpc) is 2.57. The molecule has 0 bridgehead atoms. The standard InChI is InChI=1S/C15H18O8/c1-22-13-6-9(2-4-10(13)18)3-5-14(21)23-15(11(19)7-16)12(20)8-17/h2-7,11-12,15,17-20H,8H2,1H3/t11-,12-,15+/m0/s1. The Morgan fingerprint density at radius 2 is 2.04 bits per heavy atom. The maximum absolute atomic E-state index is 11.7. The van der Waals surface area contributed by atoms with Crippen LogP contribution >= 0.6 is 0 Å². The number of phenolic OH excluding ortho intramolecular Hbond substituents is 1. The Morgan fingerprint density at radius 3 is 2.61 bits per heavy atom. The molecule has 8 nitrogen and oxygen atoms in total. The number of aliphatic hydroxyl groups is 3. The highest BCUT2D eigenvalue weighted by Gasteiger charge is 2.29. The van der Waals surface area contributed by atoms with Crippen LogP contribution < -0.4 is 4.74 Å². The molecule has 0 heterocycles. The maximum Gasteiger partial charge on any atom is 0.331 e. The molecule has 0 amide bonds. The number of esters is 1. The number of carbonyl (C=O) groups is 2. The fourth-order valence-corrected chi connectivity index (χ4v) is 1.69. The number of ether oxygens (including phenoxy) is 2. The van der Waals surface area contributed by atoms with Crippen molar-refractivity contribution >= 4 is 18.3 Å². The maximum atomic E-state index is 11.7. The number of benzene rings is 1. The first-order chi connectivity index (χ1) is 10.9. The number of rotatable bonds is 8. The van der Waals surface area contributed by atoms with Gasteiger partial charge in [0.1, 0.15) is 12.2 Å². The second kappa shape index (κ2) is 8.89. The zero-order valence-corrected chi connectivity index (χ0v) is 12.3. The van der Waals surface area contributed by atoms with Crippen molar-refractivity contribution in [1.29, 1.82) is 0 Å². The van der Waals surface area contributed by atoms with Gasteiger partial charge in [-0.2, -0.15) is 0 Å². The Bertz CT molecular complexity index is 569. The first-order valence-electron chi connectivity index (χ1n) is 6.61. The zero-order chi connectivity index (χ0) is 17.4. The highest BCUT2D eigenvalue weighted by atomic mass is 16.6. The van der Waals surface area contributed by atoms with E-state index in [-0.39, 0.29) is 17.8 Å². The lowest BCUT2D eigenvalue weighted by Crippen LogP contribution is -2.43. The highest BCUT2D eigenvalue weighted by Crippen LogP contribution is 2.26. The molecule has 0 radical (unpaired) electrons. The molecule has 0 aliphatic rings. The van der Waals surface area contributed by atoms with Gasteiger partial charge in [-0.1, -0.05) is 6.07 Å². The third kappa shape index (κ3) is 5.37. The van der Waals surface area contributed by atoms with Gasteiger partial charge in [-0.3, -0.25) is 0 Å². The van der Waals surface area contributed by atoms with Crippen molar-refractivity contribution in [2.45, 2.75) is 18.3 Å². The fraction of sp³-hybridized carbons (Fsp3) is 0.333. The largest absolute Gasteiger partial charge is 0.504 e. The van der Waals surface area contributed by atoms with Gasteiger partial charge in [0.2, 0.25) is 0 Å². The highest BCUT2D eigenvalue weighted by molar-refractivity contribution is 5.87. The Morgan fingerprint density at radius 1 is 1.35 bits per heavy atom. The molecule has 1 aromatic carbocycles. The summed E-state index contributed by atoms with van der Waals surface area (Å²) in [5.41, 5.74) is 0.520. The number of phenols is 1. The Kier molecular flexibility index (Phi) is 7.20. The van der Waals surface area contributed by atoms with Gasteiger partial charge in [0.05, 0.1) is 13.7 Å². The van der Waals surface area contributed by atoms with Gasteiger partial charge in [-0.05, 0) is 23.8 Å². The summed E-state index contributed by atoms with van der Waals surface area (Å²) in [4.78, 5) is 22.2.